The molecule has 0 fully saturated rings. The molecule has 0 saturated heterocycles. The monoisotopic (exact) mass is 382 g/mol. The number of hydrogen-bond donors (Lipinski definition) is 1. The molecule has 0 spiro atoms. The lowest BCUT2D eigenvalue weighted by Crippen LogP contribution is -2.23. The largest absolute Gasteiger partial charge is 0.294 e. The maximum atomic E-state index is 13.1. The summed E-state index contributed by atoms with van der Waals surface area (Å²) in [7, 11) is 0. The molecule has 5 nitrogen and oxygen atoms in total. The number of aromatic nitrogens is 3. The highest BCUT2D eigenvalue weighted by molar-refractivity contribution is 5.70. The van der Waals surface area contributed by atoms with Crippen molar-refractivity contribution in [3.05, 3.63) is 93.0 Å². The fourth-order valence-electron chi connectivity index (χ4n) is 3.69. The Hall–Kier alpha value is -3.65. The molecule has 0 aliphatic rings. The standard InChI is InChI=1S/C24H22N4O/c1-3-6-22-21(24(29)28-23(26-22)13-16(2)27-28)14-17-9-11-18(12-10-17)20-8-5-4-7-19(20)15-25/h4-5,7-13,27H,3,6,14H2,1-2H3. The Morgan fingerprint density at radius 3 is 2.62 bits per heavy atom. The molecule has 0 unspecified atom stereocenters. The van der Waals surface area contributed by atoms with Crippen LogP contribution >= 0.6 is 0 Å². The van der Waals surface area contributed by atoms with Crippen LogP contribution in [0.15, 0.2) is 59.4 Å². The van der Waals surface area contributed by atoms with E-state index in [0.717, 1.165) is 46.5 Å². The number of aryl methyl sites for hydroxylation is 2. The van der Waals surface area contributed by atoms with Gasteiger partial charge in [-0.25, -0.2) is 9.50 Å². The number of rotatable bonds is 5. The average molecular weight is 382 g/mol. The van der Waals surface area contributed by atoms with Gasteiger partial charge >= 0.3 is 0 Å². The molecule has 0 aliphatic heterocycles. The molecule has 2 heterocycles. The number of fused-ring (bicyclic) bond motifs is 1. The van der Waals surface area contributed by atoms with E-state index >= 15 is 0 Å². The minimum atomic E-state index is -0.0366. The highest BCUT2D eigenvalue weighted by Crippen LogP contribution is 2.24. The number of benzene rings is 2. The van der Waals surface area contributed by atoms with E-state index in [9.17, 15) is 10.1 Å². The first-order valence-electron chi connectivity index (χ1n) is 9.79. The first kappa shape index (κ1) is 18.7. The summed E-state index contributed by atoms with van der Waals surface area (Å²) < 4.78 is 1.53. The molecule has 4 rings (SSSR count). The number of nitriles is 1. The highest BCUT2D eigenvalue weighted by atomic mass is 16.1. The molecular weight excluding hydrogens is 360 g/mol. The molecule has 1 N–H and O–H groups in total. The Morgan fingerprint density at radius 2 is 1.90 bits per heavy atom. The number of aromatic amines is 1. The van der Waals surface area contributed by atoms with Gasteiger partial charge in [-0.15, -0.1) is 0 Å². The van der Waals surface area contributed by atoms with Crippen LogP contribution in [-0.2, 0) is 12.8 Å². The molecule has 0 radical (unpaired) electrons. The molecular formula is C24H22N4O. The number of hydrogen-bond acceptors (Lipinski definition) is 3. The third-order valence-corrected chi connectivity index (χ3v) is 5.10. The maximum Gasteiger partial charge on any atom is 0.276 e. The van der Waals surface area contributed by atoms with Gasteiger partial charge in [-0.1, -0.05) is 55.8 Å². The smallest absolute Gasteiger partial charge is 0.276 e. The Morgan fingerprint density at radius 1 is 1.14 bits per heavy atom. The van der Waals surface area contributed by atoms with E-state index in [1.165, 1.54) is 4.52 Å². The highest BCUT2D eigenvalue weighted by Gasteiger charge is 2.14. The molecule has 0 saturated carbocycles. The van der Waals surface area contributed by atoms with Crippen LogP contribution in [0.2, 0.25) is 0 Å². The van der Waals surface area contributed by atoms with Crippen LogP contribution < -0.4 is 5.56 Å². The second-order valence-electron chi connectivity index (χ2n) is 7.26. The van der Waals surface area contributed by atoms with Crippen LogP contribution in [0.25, 0.3) is 16.8 Å². The van der Waals surface area contributed by atoms with E-state index < -0.39 is 0 Å². The quantitative estimate of drug-likeness (QED) is 0.555. The van der Waals surface area contributed by atoms with Gasteiger partial charge < -0.3 is 0 Å². The molecule has 29 heavy (non-hydrogen) atoms. The lowest BCUT2D eigenvalue weighted by atomic mass is 9.97. The predicted molar refractivity (Wildman–Crippen MR) is 114 cm³/mol. The molecule has 5 heteroatoms. The van der Waals surface area contributed by atoms with Gasteiger partial charge in [-0.05, 0) is 36.1 Å². The summed E-state index contributed by atoms with van der Waals surface area (Å²) in [5.74, 6) is 0. The van der Waals surface area contributed by atoms with Crippen LogP contribution in [-0.4, -0.2) is 14.6 Å². The summed E-state index contributed by atoms with van der Waals surface area (Å²) in [6.07, 6.45) is 2.24. The van der Waals surface area contributed by atoms with Crippen molar-refractivity contribution in [1.29, 1.82) is 5.26 Å². The summed E-state index contributed by atoms with van der Waals surface area (Å²) in [5, 5.41) is 12.4. The molecule has 0 amide bonds. The van der Waals surface area contributed by atoms with Crippen LogP contribution in [0.4, 0.5) is 0 Å². The number of H-pyrrole nitrogens is 1. The number of nitrogens with zero attached hydrogens (tertiary/aromatic N) is 3. The third-order valence-electron chi connectivity index (χ3n) is 5.10. The normalized spacial score (nSPS) is 10.9. The van der Waals surface area contributed by atoms with Crippen molar-refractivity contribution in [2.75, 3.05) is 0 Å². The van der Waals surface area contributed by atoms with Crippen molar-refractivity contribution >= 4 is 5.65 Å². The lowest BCUT2D eigenvalue weighted by molar-refractivity contribution is 0.804. The second kappa shape index (κ2) is 7.76. The van der Waals surface area contributed by atoms with E-state index in [-0.39, 0.29) is 5.56 Å². The van der Waals surface area contributed by atoms with Crippen molar-refractivity contribution in [2.45, 2.75) is 33.1 Å². The zero-order chi connectivity index (χ0) is 20.4. The van der Waals surface area contributed by atoms with E-state index in [4.69, 9.17) is 4.98 Å². The van der Waals surface area contributed by atoms with E-state index in [1.54, 1.807) is 0 Å². The van der Waals surface area contributed by atoms with Gasteiger partial charge in [0.25, 0.3) is 5.56 Å². The summed E-state index contributed by atoms with van der Waals surface area (Å²) in [6.45, 7) is 4.02. The Labute approximate surface area is 169 Å². The summed E-state index contributed by atoms with van der Waals surface area (Å²) in [4.78, 5) is 17.8. The van der Waals surface area contributed by atoms with Crippen molar-refractivity contribution in [3.63, 3.8) is 0 Å². The summed E-state index contributed by atoms with van der Waals surface area (Å²) >= 11 is 0. The Bertz CT molecular complexity index is 1270. The van der Waals surface area contributed by atoms with Crippen molar-refractivity contribution in [2.24, 2.45) is 0 Å². The van der Waals surface area contributed by atoms with Crippen LogP contribution in [0.5, 0.6) is 0 Å². The maximum absolute atomic E-state index is 13.1. The van der Waals surface area contributed by atoms with Crippen LogP contribution in [0.3, 0.4) is 0 Å². The molecule has 0 bridgehead atoms. The molecule has 0 aliphatic carbocycles. The van der Waals surface area contributed by atoms with Gasteiger partial charge in [0, 0.05) is 23.7 Å². The molecule has 4 aromatic rings. The third kappa shape index (κ3) is 3.57. The molecule has 144 valence electrons. The van der Waals surface area contributed by atoms with Gasteiger partial charge in [-0.2, -0.15) is 5.26 Å². The lowest BCUT2D eigenvalue weighted by Gasteiger charge is -2.10. The minimum Gasteiger partial charge on any atom is -0.294 e. The van der Waals surface area contributed by atoms with E-state index in [2.05, 4.69) is 18.1 Å². The first-order valence-corrected chi connectivity index (χ1v) is 9.79. The molecule has 0 atom stereocenters. The fraction of sp³-hybridized carbons (Fsp3) is 0.208. The van der Waals surface area contributed by atoms with Crippen molar-refractivity contribution in [1.82, 2.24) is 14.6 Å². The predicted octanol–water partition coefficient (Wildman–Crippen LogP) is 4.41. The van der Waals surface area contributed by atoms with E-state index in [1.807, 2.05) is 61.5 Å². The van der Waals surface area contributed by atoms with Crippen LogP contribution in [0.1, 0.15) is 41.4 Å². The van der Waals surface area contributed by atoms with Gasteiger partial charge in [0.05, 0.1) is 17.3 Å². The SMILES string of the molecule is CCCc1nc2cc(C)[nH]n2c(=O)c1Cc1ccc(-c2ccccc2C#N)cc1. The number of nitrogens with one attached hydrogen (secondary N) is 1. The first-order chi connectivity index (χ1) is 14.1. The average Bonchev–Trinajstić information content (AvgIpc) is 3.12. The summed E-state index contributed by atoms with van der Waals surface area (Å²) in [6, 6.07) is 19.8. The van der Waals surface area contributed by atoms with Crippen molar-refractivity contribution < 1.29 is 0 Å². The van der Waals surface area contributed by atoms with E-state index in [0.29, 0.717) is 17.6 Å². The second-order valence-corrected chi connectivity index (χ2v) is 7.26. The Balaban J connectivity index is 1.72. The Kier molecular flexibility index (Phi) is 5.01. The molecule has 2 aromatic heterocycles. The molecule has 2 aromatic carbocycles. The van der Waals surface area contributed by atoms with Crippen molar-refractivity contribution in [3.8, 4) is 17.2 Å². The zero-order valence-electron chi connectivity index (χ0n) is 16.6. The van der Waals surface area contributed by atoms with Gasteiger partial charge in [0.15, 0.2) is 5.65 Å². The van der Waals surface area contributed by atoms with Gasteiger partial charge in [0.1, 0.15) is 0 Å². The zero-order valence-corrected chi connectivity index (χ0v) is 16.6. The fourth-order valence-corrected chi connectivity index (χ4v) is 3.69. The van der Waals surface area contributed by atoms with Gasteiger partial charge in [0.2, 0.25) is 0 Å². The van der Waals surface area contributed by atoms with Gasteiger partial charge in [-0.3, -0.25) is 9.89 Å². The summed E-state index contributed by atoms with van der Waals surface area (Å²) in [5.41, 5.74) is 6.75. The minimum absolute atomic E-state index is 0.0366. The van der Waals surface area contributed by atoms with Crippen LogP contribution in [0, 0.1) is 18.3 Å². The topological polar surface area (TPSA) is 74.0 Å².